The molecule has 2 aromatic heterocycles. The van der Waals surface area contributed by atoms with Gasteiger partial charge in [0, 0.05) is 29.4 Å². The highest BCUT2D eigenvalue weighted by Crippen LogP contribution is 2.34. The van der Waals surface area contributed by atoms with Crippen LogP contribution in [0.3, 0.4) is 0 Å². The number of aromatic amines is 1. The third-order valence-corrected chi connectivity index (χ3v) is 5.17. The lowest BCUT2D eigenvalue weighted by Crippen LogP contribution is -2.19. The highest BCUT2D eigenvalue weighted by atomic mass is 16.1. The van der Waals surface area contributed by atoms with Crippen molar-refractivity contribution in [3.63, 3.8) is 0 Å². The molecule has 3 aromatic rings. The highest BCUT2D eigenvalue weighted by molar-refractivity contribution is 6.08. The Bertz CT molecular complexity index is 878. The molecule has 128 valence electrons. The average Bonchev–Trinajstić information content (AvgIpc) is 3.33. The van der Waals surface area contributed by atoms with Crippen LogP contribution in [0.25, 0.3) is 11.0 Å². The summed E-state index contributed by atoms with van der Waals surface area (Å²) in [5.74, 6) is 0.438. The van der Waals surface area contributed by atoms with Gasteiger partial charge in [0.1, 0.15) is 5.65 Å². The maximum atomic E-state index is 12.5. The van der Waals surface area contributed by atoms with Gasteiger partial charge in [-0.15, -0.1) is 0 Å². The van der Waals surface area contributed by atoms with Crippen LogP contribution in [-0.2, 0) is 0 Å². The molecule has 1 fully saturated rings. The number of nitrogens with zero attached hydrogens (tertiary/aromatic N) is 1. The molecule has 0 bridgehead atoms. The minimum atomic E-state index is -0.130. The Morgan fingerprint density at radius 2 is 1.92 bits per heavy atom. The predicted molar refractivity (Wildman–Crippen MR) is 99.4 cm³/mol. The van der Waals surface area contributed by atoms with Gasteiger partial charge < -0.3 is 16.0 Å². The zero-order valence-corrected chi connectivity index (χ0v) is 14.0. The van der Waals surface area contributed by atoms with Gasteiger partial charge in [-0.05, 0) is 48.6 Å². The number of carbonyl (C=O) groups is 1. The largest absolute Gasteiger partial charge is 0.346 e. The summed E-state index contributed by atoms with van der Waals surface area (Å²) >= 11 is 0. The number of benzene rings is 1. The van der Waals surface area contributed by atoms with E-state index in [0.717, 1.165) is 22.3 Å². The summed E-state index contributed by atoms with van der Waals surface area (Å²) in [5.41, 5.74) is 9.64. The van der Waals surface area contributed by atoms with Crippen molar-refractivity contribution in [2.45, 2.75) is 31.7 Å². The lowest BCUT2D eigenvalue weighted by atomic mass is 9.92. The van der Waals surface area contributed by atoms with Crippen LogP contribution >= 0.6 is 0 Å². The molecule has 4 N–H and O–H groups in total. The molecule has 1 aliphatic carbocycles. The molecule has 1 aromatic carbocycles. The molecule has 0 radical (unpaired) electrons. The maximum Gasteiger partial charge on any atom is 0.255 e. The highest BCUT2D eigenvalue weighted by Gasteiger charge is 2.23. The Labute approximate surface area is 146 Å². The number of pyridine rings is 1. The monoisotopic (exact) mass is 334 g/mol. The Kier molecular flexibility index (Phi) is 4.24. The number of fused-ring (bicyclic) bond motifs is 1. The topological polar surface area (TPSA) is 83.8 Å². The van der Waals surface area contributed by atoms with Gasteiger partial charge in [-0.3, -0.25) is 4.79 Å². The predicted octanol–water partition coefficient (Wildman–Crippen LogP) is 4.01. The standard InChI is InChI=1S/C20H22N4O/c21-18(13-3-1-2-4-13)14-5-7-15(8-6-14)20(25)24-17-10-12-23-19-16(17)9-11-22-19/h5-13,18H,1-4,21H2,(H2,22,23,24,25). The third-order valence-electron chi connectivity index (χ3n) is 5.17. The summed E-state index contributed by atoms with van der Waals surface area (Å²) in [6, 6.07) is 11.5. The third kappa shape index (κ3) is 3.15. The molecule has 0 aliphatic heterocycles. The van der Waals surface area contributed by atoms with Crippen molar-refractivity contribution in [3.05, 3.63) is 59.9 Å². The first-order valence-corrected chi connectivity index (χ1v) is 8.81. The molecular weight excluding hydrogens is 312 g/mol. The van der Waals surface area contributed by atoms with Crippen molar-refractivity contribution < 1.29 is 4.79 Å². The van der Waals surface area contributed by atoms with Gasteiger partial charge in [-0.2, -0.15) is 0 Å². The molecule has 2 heterocycles. The van der Waals surface area contributed by atoms with Crippen LogP contribution in [-0.4, -0.2) is 15.9 Å². The fourth-order valence-electron chi connectivity index (χ4n) is 3.71. The van der Waals surface area contributed by atoms with Crippen molar-refractivity contribution >= 4 is 22.6 Å². The maximum absolute atomic E-state index is 12.5. The van der Waals surface area contributed by atoms with Crippen LogP contribution in [0.2, 0.25) is 0 Å². The zero-order chi connectivity index (χ0) is 17.2. The van der Waals surface area contributed by atoms with Crippen molar-refractivity contribution in [3.8, 4) is 0 Å². The fraction of sp³-hybridized carbons (Fsp3) is 0.300. The van der Waals surface area contributed by atoms with Crippen molar-refractivity contribution in [2.75, 3.05) is 5.32 Å². The molecular formula is C20H22N4O. The number of aromatic nitrogens is 2. The quantitative estimate of drug-likeness (QED) is 0.674. The summed E-state index contributed by atoms with van der Waals surface area (Å²) < 4.78 is 0. The molecule has 4 rings (SSSR count). The molecule has 1 unspecified atom stereocenters. The van der Waals surface area contributed by atoms with Gasteiger partial charge >= 0.3 is 0 Å². The van der Waals surface area contributed by atoms with Crippen molar-refractivity contribution in [2.24, 2.45) is 11.7 Å². The Morgan fingerprint density at radius 3 is 2.68 bits per heavy atom. The van der Waals surface area contributed by atoms with Gasteiger partial charge in [-0.25, -0.2) is 4.98 Å². The van der Waals surface area contributed by atoms with Crippen LogP contribution in [0.1, 0.15) is 47.6 Å². The number of amides is 1. The number of anilines is 1. The molecule has 1 amide bonds. The number of rotatable bonds is 4. The second kappa shape index (κ2) is 6.69. The first kappa shape index (κ1) is 15.8. The number of nitrogens with two attached hydrogens (primary N) is 1. The summed E-state index contributed by atoms with van der Waals surface area (Å²) in [5, 5.41) is 3.86. The smallest absolute Gasteiger partial charge is 0.255 e. The summed E-state index contributed by atoms with van der Waals surface area (Å²) in [6.07, 6.45) is 8.46. The van der Waals surface area contributed by atoms with Crippen LogP contribution in [0, 0.1) is 5.92 Å². The van der Waals surface area contributed by atoms with Crippen LogP contribution in [0.15, 0.2) is 48.8 Å². The van der Waals surface area contributed by atoms with Gasteiger partial charge in [0.25, 0.3) is 5.91 Å². The number of nitrogens with one attached hydrogen (secondary N) is 2. The summed E-state index contributed by atoms with van der Waals surface area (Å²) in [6.45, 7) is 0. The van der Waals surface area contributed by atoms with E-state index < -0.39 is 0 Å². The number of hydrogen-bond acceptors (Lipinski definition) is 3. The molecule has 0 spiro atoms. The second-order valence-electron chi connectivity index (χ2n) is 6.74. The molecule has 25 heavy (non-hydrogen) atoms. The van der Waals surface area contributed by atoms with E-state index >= 15 is 0 Å². The van der Waals surface area contributed by atoms with E-state index in [2.05, 4.69) is 15.3 Å². The van der Waals surface area contributed by atoms with E-state index in [9.17, 15) is 4.79 Å². The first-order valence-electron chi connectivity index (χ1n) is 8.81. The SMILES string of the molecule is NC(c1ccc(C(=O)Nc2ccnc3[nH]ccc23)cc1)C1CCCC1. The average molecular weight is 334 g/mol. The van der Waals surface area contributed by atoms with E-state index in [-0.39, 0.29) is 11.9 Å². The Balaban J connectivity index is 1.49. The van der Waals surface area contributed by atoms with E-state index in [4.69, 9.17) is 5.73 Å². The van der Waals surface area contributed by atoms with Gasteiger partial charge in [-0.1, -0.05) is 25.0 Å². The molecule has 0 saturated heterocycles. The van der Waals surface area contributed by atoms with E-state index in [0.29, 0.717) is 11.5 Å². The van der Waals surface area contributed by atoms with Crippen LogP contribution in [0.4, 0.5) is 5.69 Å². The Hall–Kier alpha value is -2.66. The lowest BCUT2D eigenvalue weighted by molar-refractivity contribution is 0.102. The van der Waals surface area contributed by atoms with Gasteiger partial charge in [0.05, 0.1) is 5.69 Å². The van der Waals surface area contributed by atoms with Gasteiger partial charge in [0.2, 0.25) is 0 Å². The molecule has 1 atom stereocenters. The molecule has 1 aliphatic rings. The lowest BCUT2D eigenvalue weighted by Gasteiger charge is -2.19. The summed E-state index contributed by atoms with van der Waals surface area (Å²) in [4.78, 5) is 19.8. The van der Waals surface area contributed by atoms with E-state index in [1.807, 2.05) is 36.5 Å². The fourth-order valence-corrected chi connectivity index (χ4v) is 3.71. The molecule has 5 nitrogen and oxygen atoms in total. The summed E-state index contributed by atoms with van der Waals surface area (Å²) in [7, 11) is 0. The number of H-pyrrole nitrogens is 1. The van der Waals surface area contributed by atoms with Crippen molar-refractivity contribution in [1.29, 1.82) is 0 Å². The second-order valence-corrected chi connectivity index (χ2v) is 6.74. The van der Waals surface area contributed by atoms with Gasteiger partial charge in [0.15, 0.2) is 0 Å². The molecule has 1 saturated carbocycles. The Morgan fingerprint density at radius 1 is 1.16 bits per heavy atom. The first-order chi connectivity index (χ1) is 12.2. The molecule has 5 heteroatoms. The zero-order valence-electron chi connectivity index (χ0n) is 14.0. The van der Waals surface area contributed by atoms with E-state index in [1.54, 1.807) is 12.3 Å². The van der Waals surface area contributed by atoms with Crippen LogP contribution < -0.4 is 11.1 Å². The van der Waals surface area contributed by atoms with Crippen LogP contribution in [0.5, 0.6) is 0 Å². The van der Waals surface area contributed by atoms with E-state index in [1.165, 1.54) is 25.7 Å². The minimum Gasteiger partial charge on any atom is -0.346 e. The number of carbonyl (C=O) groups excluding carboxylic acids is 1. The number of hydrogen-bond donors (Lipinski definition) is 3. The minimum absolute atomic E-state index is 0.0688. The normalized spacial score (nSPS) is 16.2. The van der Waals surface area contributed by atoms with Crippen molar-refractivity contribution in [1.82, 2.24) is 9.97 Å².